The van der Waals surface area contributed by atoms with Gasteiger partial charge in [0.15, 0.2) is 17.9 Å². The van der Waals surface area contributed by atoms with Crippen molar-refractivity contribution in [1.82, 2.24) is 9.55 Å². The lowest BCUT2D eigenvalue weighted by atomic mass is 9.94. The van der Waals surface area contributed by atoms with Crippen LogP contribution in [-0.2, 0) is 4.74 Å². The standard InChI is InChI=1S/C10H12F2N2O6/c11-3-9(19)6(17)10(12,4-15)20-7(9)14-2-1-5(16)13-8(14)18/h1-2,6-7,15,17,19H,3-4H2,(H,13,16,18)/t6?,7-,9+,10+/m0/s1. The first-order valence-electron chi connectivity index (χ1n) is 5.54. The van der Waals surface area contributed by atoms with E-state index < -0.39 is 48.3 Å². The largest absolute Gasteiger partial charge is 0.390 e. The first-order valence-corrected chi connectivity index (χ1v) is 5.54. The molecule has 1 unspecified atom stereocenters. The van der Waals surface area contributed by atoms with E-state index in [0.29, 0.717) is 4.57 Å². The van der Waals surface area contributed by atoms with Crippen LogP contribution in [0.3, 0.4) is 0 Å². The first-order chi connectivity index (χ1) is 9.28. The number of hydrogen-bond donors (Lipinski definition) is 4. The maximum Gasteiger partial charge on any atom is 0.330 e. The van der Waals surface area contributed by atoms with Crippen molar-refractivity contribution >= 4 is 0 Å². The highest BCUT2D eigenvalue weighted by atomic mass is 19.2. The molecule has 0 bridgehead atoms. The van der Waals surface area contributed by atoms with Crippen LogP contribution in [0.4, 0.5) is 8.78 Å². The Kier molecular flexibility index (Phi) is 3.50. The number of aromatic nitrogens is 2. The lowest BCUT2D eigenvalue weighted by molar-refractivity contribution is -0.207. The molecule has 10 heteroatoms. The summed E-state index contributed by atoms with van der Waals surface area (Å²) in [7, 11) is 0. The quantitative estimate of drug-likeness (QED) is 0.501. The van der Waals surface area contributed by atoms with Gasteiger partial charge in [-0.25, -0.2) is 13.6 Å². The molecular formula is C10H12F2N2O6. The molecule has 0 radical (unpaired) electrons. The first kappa shape index (κ1) is 14.8. The Bertz CT molecular complexity index is 618. The van der Waals surface area contributed by atoms with Gasteiger partial charge in [0.05, 0.1) is 0 Å². The smallest absolute Gasteiger partial charge is 0.330 e. The monoisotopic (exact) mass is 294 g/mol. The number of rotatable bonds is 3. The molecular weight excluding hydrogens is 282 g/mol. The summed E-state index contributed by atoms with van der Waals surface area (Å²) < 4.78 is 32.2. The third-order valence-electron chi connectivity index (χ3n) is 3.15. The van der Waals surface area contributed by atoms with Gasteiger partial charge in [0, 0.05) is 12.3 Å². The minimum absolute atomic E-state index is 0.515. The molecule has 0 aliphatic carbocycles. The molecule has 4 N–H and O–H groups in total. The summed E-state index contributed by atoms with van der Waals surface area (Å²) in [6.07, 6.45) is -3.53. The van der Waals surface area contributed by atoms with E-state index in [1.165, 1.54) is 0 Å². The van der Waals surface area contributed by atoms with E-state index in [9.17, 15) is 28.6 Å². The van der Waals surface area contributed by atoms with Crippen LogP contribution in [-0.4, -0.2) is 55.7 Å². The second kappa shape index (κ2) is 4.74. The fraction of sp³-hybridized carbons (Fsp3) is 0.600. The molecule has 2 heterocycles. The molecule has 1 aromatic rings. The van der Waals surface area contributed by atoms with Gasteiger partial charge in [-0.05, 0) is 0 Å². The second-order valence-corrected chi connectivity index (χ2v) is 4.46. The van der Waals surface area contributed by atoms with Crippen molar-refractivity contribution in [3.8, 4) is 0 Å². The Labute approximate surface area is 109 Å². The van der Waals surface area contributed by atoms with Crippen LogP contribution in [0.25, 0.3) is 0 Å². The number of ether oxygens (including phenoxy) is 1. The molecule has 0 saturated carbocycles. The highest BCUT2D eigenvalue weighted by Crippen LogP contribution is 2.44. The second-order valence-electron chi connectivity index (χ2n) is 4.46. The van der Waals surface area contributed by atoms with Crippen molar-refractivity contribution in [3.63, 3.8) is 0 Å². The molecule has 0 amide bonds. The highest BCUT2D eigenvalue weighted by molar-refractivity contribution is 5.06. The lowest BCUT2D eigenvalue weighted by Crippen LogP contribution is -2.53. The molecule has 0 spiro atoms. The number of H-pyrrole nitrogens is 1. The highest BCUT2D eigenvalue weighted by Gasteiger charge is 2.65. The van der Waals surface area contributed by atoms with Gasteiger partial charge in [0.25, 0.3) is 11.4 Å². The maximum atomic E-state index is 14.0. The SMILES string of the molecule is O=c1ccn([C@H]2O[C@](F)(CO)C(O)[C@]2(O)CF)c(=O)[nH]1. The number of nitrogens with zero attached hydrogens (tertiary/aromatic N) is 1. The summed E-state index contributed by atoms with van der Waals surface area (Å²) in [5.41, 5.74) is -4.65. The van der Waals surface area contributed by atoms with E-state index >= 15 is 0 Å². The normalized spacial score (nSPS) is 37.2. The molecule has 4 atom stereocenters. The average Bonchev–Trinajstić information content (AvgIpc) is 2.62. The predicted molar refractivity (Wildman–Crippen MR) is 59.3 cm³/mol. The zero-order chi connectivity index (χ0) is 15.1. The molecule has 1 aromatic heterocycles. The van der Waals surface area contributed by atoms with Gasteiger partial charge < -0.3 is 20.1 Å². The van der Waals surface area contributed by atoms with Crippen LogP contribution >= 0.6 is 0 Å². The molecule has 1 aliphatic rings. The number of aliphatic hydroxyl groups excluding tert-OH is 2. The van der Waals surface area contributed by atoms with E-state index in [1.54, 1.807) is 0 Å². The summed E-state index contributed by atoms with van der Waals surface area (Å²) in [6.45, 7) is -3.00. The number of nitrogens with one attached hydrogen (secondary N) is 1. The van der Waals surface area contributed by atoms with Gasteiger partial charge in [0.1, 0.15) is 13.3 Å². The van der Waals surface area contributed by atoms with Gasteiger partial charge >= 0.3 is 5.69 Å². The Hall–Kier alpha value is -1.62. The number of aromatic amines is 1. The Morgan fingerprint density at radius 3 is 2.65 bits per heavy atom. The molecule has 20 heavy (non-hydrogen) atoms. The minimum Gasteiger partial charge on any atom is -0.390 e. The Morgan fingerprint density at radius 2 is 2.15 bits per heavy atom. The van der Waals surface area contributed by atoms with E-state index in [0.717, 1.165) is 12.3 Å². The molecule has 112 valence electrons. The molecule has 0 aromatic carbocycles. The zero-order valence-electron chi connectivity index (χ0n) is 9.99. The number of halogens is 2. The fourth-order valence-electron chi connectivity index (χ4n) is 2.03. The van der Waals surface area contributed by atoms with Crippen molar-refractivity contribution in [1.29, 1.82) is 0 Å². The van der Waals surface area contributed by atoms with Crippen molar-refractivity contribution < 1.29 is 28.8 Å². The number of alkyl halides is 2. The fourth-order valence-corrected chi connectivity index (χ4v) is 2.03. The van der Waals surface area contributed by atoms with Crippen LogP contribution in [0.2, 0.25) is 0 Å². The Balaban J connectivity index is 2.55. The summed E-state index contributed by atoms with van der Waals surface area (Å²) in [5, 5.41) is 28.5. The maximum absolute atomic E-state index is 14.0. The average molecular weight is 294 g/mol. The number of hydrogen-bond acceptors (Lipinski definition) is 6. The van der Waals surface area contributed by atoms with E-state index in [4.69, 9.17) is 5.11 Å². The van der Waals surface area contributed by atoms with Gasteiger partial charge in [-0.1, -0.05) is 0 Å². The van der Waals surface area contributed by atoms with Crippen LogP contribution < -0.4 is 11.2 Å². The molecule has 8 nitrogen and oxygen atoms in total. The molecule has 1 saturated heterocycles. The van der Waals surface area contributed by atoms with Crippen molar-refractivity contribution in [2.45, 2.75) is 23.8 Å². The summed E-state index contributed by atoms with van der Waals surface area (Å²) in [4.78, 5) is 24.3. The van der Waals surface area contributed by atoms with Crippen LogP contribution in [0.15, 0.2) is 21.9 Å². The Morgan fingerprint density at radius 1 is 1.50 bits per heavy atom. The number of aliphatic hydroxyl groups is 3. The zero-order valence-corrected chi connectivity index (χ0v) is 9.99. The van der Waals surface area contributed by atoms with Crippen LogP contribution in [0, 0.1) is 0 Å². The summed E-state index contributed by atoms with van der Waals surface area (Å²) >= 11 is 0. The van der Waals surface area contributed by atoms with E-state index in [-0.39, 0.29) is 0 Å². The lowest BCUT2D eigenvalue weighted by Gasteiger charge is -2.28. The topological polar surface area (TPSA) is 125 Å². The van der Waals surface area contributed by atoms with Crippen LogP contribution in [0.5, 0.6) is 0 Å². The van der Waals surface area contributed by atoms with Crippen molar-refractivity contribution in [2.75, 3.05) is 13.3 Å². The van der Waals surface area contributed by atoms with E-state index in [1.807, 2.05) is 4.98 Å². The molecule has 2 rings (SSSR count). The van der Waals surface area contributed by atoms with Gasteiger partial charge in [0.2, 0.25) is 0 Å². The molecule has 1 fully saturated rings. The van der Waals surface area contributed by atoms with E-state index in [2.05, 4.69) is 4.74 Å². The summed E-state index contributed by atoms with van der Waals surface area (Å²) in [5.74, 6) is -3.14. The minimum atomic E-state index is -3.14. The third kappa shape index (κ3) is 1.97. The van der Waals surface area contributed by atoms with Gasteiger partial charge in [-0.2, -0.15) is 0 Å². The predicted octanol–water partition coefficient (Wildman–Crippen LogP) is -2.21. The summed E-state index contributed by atoms with van der Waals surface area (Å²) in [6, 6.07) is 0.868. The third-order valence-corrected chi connectivity index (χ3v) is 3.15. The van der Waals surface area contributed by atoms with Crippen molar-refractivity contribution in [2.24, 2.45) is 0 Å². The molecule has 1 aliphatic heterocycles. The van der Waals surface area contributed by atoms with Crippen molar-refractivity contribution in [3.05, 3.63) is 33.1 Å². The van der Waals surface area contributed by atoms with Gasteiger partial charge in [-0.3, -0.25) is 14.3 Å². The van der Waals surface area contributed by atoms with Crippen LogP contribution in [0.1, 0.15) is 6.23 Å². The van der Waals surface area contributed by atoms with Gasteiger partial charge in [-0.15, -0.1) is 0 Å².